The van der Waals surface area contributed by atoms with Gasteiger partial charge in [-0.25, -0.2) is 0 Å². The molecule has 0 bridgehead atoms. The van der Waals surface area contributed by atoms with Gasteiger partial charge in [-0.3, -0.25) is 0 Å². The number of benzene rings is 1. The smallest absolute Gasteiger partial charge is 0.0114 e. The molecule has 0 aliphatic carbocycles. The summed E-state index contributed by atoms with van der Waals surface area (Å²) in [5, 5.41) is 0. The Morgan fingerprint density at radius 3 is 1.07 bits per heavy atom. The standard InChI is InChI=1S/C30H53/c1-3-5-7-9-11-13-15-17-19-21-24-29-26-23-27-30(28-29)25-22-20-18-16-14-12-10-8-6-4-2/h23,26-27H,3-22,24-25H2,1-2H3. The molecule has 0 amide bonds. The van der Waals surface area contributed by atoms with Crippen molar-refractivity contribution in [1.29, 1.82) is 0 Å². The number of hydrogen-bond donors (Lipinski definition) is 0. The highest BCUT2D eigenvalue weighted by molar-refractivity contribution is 5.22. The first kappa shape index (κ1) is 27.3. The van der Waals surface area contributed by atoms with Crippen molar-refractivity contribution in [1.82, 2.24) is 0 Å². The van der Waals surface area contributed by atoms with Gasteiger partial charge in [-0.1, -0.05) is 148 Å². The summed E-state index contributed by atoms with van der Waals surface area (Å²) in [5.41, 5.74) is 2.89. The second-order valence-electron chi connectivity index (χ2n) is 9.57. The van der Waals surface area contributed by atoms with Crippen LogP contribution in [-0.4, -0.2) is 0 Å². The molecule has 0 aromatic heterocycles. The molecule has 0 saturated heterocycles. The summed E-state index contributed by atoms with van der Waals surface area (Å²) in [7, 11) is 0. The van der Waals surface area contributed by atoms with Crippen LogP contribution in [-0.2, 0) is 12.8 Å². The highest BCUT2D eigenvalue weighted by Gasteiger charge is 1.99. The van der Waals surface area contributed by atoms with Crippen LogP contribution in [0.1, 0.15) is 153 Å². The van der Waals surface area contributed by atoms with Gasteiger partial charge in [0, 0.05) is 0 Å². The molecule has 173 valence electrons. The van der Waals surface area contributed by atoms with Crippen molar-refractivity contribution in [3.63, 3.8) is 0 Å². The van der Waals surface area contributed by atoms with Crippen LogP contribution < -0.4 is 0 Å². The van der Waals surface area contributed by atoms with E-state index in [0.717, 1.165) is 0 Å². The number of aryl methyl sites for hydroxylation is 2. The molecule has 30 heavy (non-hydrogen) atoms. The van der Waals surface area contributed by atoms with E-state index < -0.39 is 0 Å². The van der Waals surface area contributed by atoms with Crippen LogP contribution in [0.3, 0.4) is 0 Å². The monoisotopic (exact) mass is 413 g/mol. The Morgan fingerprint density at radius 1 is 0.433 bits per heavy atom. The highest BCUT2D eigenvalue weighted by atomic mass is 14.0. The molecule has 1 rings (SSSR count). The average Bonchev–Trinajstić information content (AvgIpc) is 2.76. The molecule has 0 heterocycles. The number of unbranched alkanes of at least 4 members (excludes halogenated alkanes) is 18. The first-order chi connectivity index (χ1) is 14.9. The van der Waals surface area contributed by atoms with Gasteiger partial charge < -0.3 is 0 Å². The maximum Gasteiger partial charge on any atom is -0.0114 e. The molecule has 1 radical (unpaired) electrons. The van der Waals surface area contributed by atoms with Crippen LogP contribution in [0.2, 0.25) is 0 Å². The Bertz CT molecular complexity index is 422. The topological polar surface area (TPSA) is 0 Å². The van der Waals surface area contributed by atoms with Crippen molar-refractivity contribution in [3.05, 3.63) is 35.4 Å². The summed E-state index contributed by atoms with van der Waals surface area (Å²) in [6.45, 7) is 4.59. The molecule has 0 fully saturated rings. The maximum atomic E-state index is 3.71. The predicted octanol–water partition coefficient (Wildman–Crippen LogP) is 10.4. The van der Waals surface area contributed by atoms with Crippen molar-refractivity contribution in [2.24, 2.45) is 0 Å². The molecule has 0 spiro atoms. The van der Waals surface area contributed by atoms with Crippen molar-refractivity contribution < 1.29 is 0 Å². The molecule has 0 atom stereocenters. The third-order valence-corrected chi connectivity index (χ3v) is 6.52. The largest absolute Gasteiger partial charge is 0.0654 e. The van der Waals surface area contributed by atoms with E-state index in [0.29, 0.717) is 0 Å². The first-order valence-electron chi connectivity index (χ1n) is 13.9. The molecule has 0 unspecified atom stereocenters. The third-order valence-electron chi connectivity index (χ3n) is 6.52. The van der Waals surface area contributed by atoms with E-state index in [1.54, 1.807) is 0 Å². The van der Waals surface area contributed by atoms with Crippen LogP contribution in [0.5, 0.6) is 0 Å². The summed E-state index contributed by atoms with van der Waals surface area (Å²) < 4.78 is 0. The Morgan fingerprint density at radius 2 is 0.733 bits per heavy atom. The van der Waals surface area contributed by atoms with E-state index in [1.807, 2.05) is 0 Å². The molecule has 0 aliphatic rings. The Labute approximate surface area is 190 Å². The molecular formula is C30H53. The molecular weight excluding hydrogens is 360 g/mol. The summed E-state index contributed by atoms with van der Waals surface area (Å²) in [4.78, 5) is 0. The molecule has 0 heteroatoms. The molecule has 0 aliphatic heterocycles. The van der Waals surface area contributed by atoms with Gasteiger partial charge in [-0.15, -0.1) is 0 Å². The van der Waals surface area contributed by atoms with E-state index >= 15 is 0 Å². The van der Waals surface area contributed by atoms with Crippen LogP contribution in [0.25, 0.3) is 0 Å². The second-order valence-corrected chi connectivity index (χ2v) is 9.57. The average molecular weight is 414 g/mol. The highest BCUT2D eigenvalue weighted by Crippen LogP contribution is 2.15. The van der Waals surface area contributed by atoms with E-state index in [2.05, 4.69) is 38.1 Å². The quantitative estimate of drug-likeness (QED) is 0.166. The Kier molecular flexibility index (Phi) is 19.5. The third kappa shape index (κ3) is 17.0. The van der Waals surface area contributed by atoms with Crippen molar-refractivity contribution >= 4 is 0 Å². The minimum Gasteiger partial charge on any atom is -0.0654 e. The Hall–Kier alpha value is -0.780. The summed E-state index contributed by atoms with van der Waals surface area (Å²) in [5.74, 6) is 0. The van der Waals surface area contributed by atoms with Gasteiger partial charge >= 0.3 is 0 Å². The zero-order chi connectivity index (χ0) is 21.5. The summed E-state index contributed by atoms with van der Waals surface area (Å²) in [6, 6.07) is 10.5. The minimum atomic E-state index is 1.22. The normalized spacial score (nSPS) is 11.3. The van der Waals surface area contributed by atoms with Gasteiger partial charge in [0.2, 0.25) is 0 Å². The lowest BCUT2D eigenvalue weighted by Crippen LogP contribution is -1.92. The zero-order valence-electron chi connectivity index (χ0n) is 20.8. The SMILES string of the molecule is CCCCCCCCCCCCc1[c]c(CCCCCCCCCCCC)ccc1. The van der Waals surface area contributed by atoms with Gasteiger partial charge in [0.05, 0.1) is 0 Å². The predicted molar refractivity (Wildman–Crippen MR) is 136 cm³/mol. The molecule has 0 saturated carbocycles. The second kappa shape index (κ2) is 21.5. The summed E-state index contributed by atoms with van der Waals surface area (Å²) >= 11 is 0. The molecule has 0 nitrogen and oxygen atoms in total. The van der Waals surface area contributed by atoms with Gasteiger partial charge in [-0.05, 0) is 42.9 Å². The fraction of sp³-hybridized carbons (Fsp3) is 0.800. The van der Waals surface area contributed by atoms with E-state index in [-0.39, 0.29) is 0 Å². The van der Waals surface area contributed by atoms with Crippen molar-refractivity contribution in [3.8, 4) is 0 Å². The summed E-state index contributed by atoms with van der Waals surface area (Å²) in [6.07, 6.45) is 30.8. The van der Waals surface area contributed by atoms with Crippen LogP contribution in [0, 0.1) is 6.07 Å². The minimum absolute atomic E-state index is 1.22. The fourth-order valence-electron chi connectivity index (χ4n) is 4.47. The van der Waals surface area contributed by atoms with E-state index in [9.17, 15) is 0 Å². The molecule has 1 aromatic rings. The lowest BCUT2D eigenvalue weighted by Gasteiger charge is -2.06. The Balaban J connectivity index is 1.97. The number of rotatable bonds is 22. The van der Waals surface area contributed by atoms with Crippen LogP contribution in [0.15, 0.2) is 18.2 Å². The van der Waals surface area contributed by atoms with Gasteiger partial charge in [0.25, 0.3) is 0 Å². The van der Waals surface area contributed by atoms with Gasteiger partial charge in [0.15, 0.2) is 0 Å². The lowest BCUT2D eigenvalue weighted by atomic mass is 9.99. The maximum absolute atomic E-state index is 3.71. The number of hydrogen-bond acceptors (Lipinski definition) is 0. The van der Waals surface area contributed by atoms with E-state index in [4.69, 9.17) is 0 Å². The van der Waals surface area contributed by atoms with Crippen molar-refractivity contribution in [2.75, 3.05) is 0 Å². The van der Waals surface area contributed by atoms with Crippen molar-refractivity contribution in [2.45, 2.75) is 155 Å². The molecule has 1 aromatic carbocycles. The van der Waals surface area contributed by atoms with Crippen LogP contribution in [0.4, 0.5) is 0 Å². The van der Waals surface area contributed by atoms with E-state index in [1.165, 1.54) is 152 Å². The lowest BCUT2D eigenvalue weighted by molar-refractivity contribution is 0.555. The fourth-order valence-corrected chi connectivity index (χ4v) is 4.47. The first-order valence-corrected chi connectivity index (χ1v) is 13.9. The van der Waals surface area contributed by atoms with Crippen LogP contribution >= 0.6 is 0 Å². The molecule has 0 N–H and O–H groups in total. The van der Waals surface area contributed by atoms with Gasteiger partial charge in [0.1, 0.15) is 0 Å². The zero-order valence-corrected chi connectivity index (χ0v) is 20.8. The van der Waals surface area contributed by atoms with Gasteiger partial charge in [-0.2, -0.15) is 0 Å².